The molecule has 25 heavy (non-hydrogen) atoms. The van der Waals surface area contributed by atoms with Crippen LogP contribution in [0.3, 0.4) is 0 Å². The average molecular weight is 349 g/mol. The normalized spacial score (nSPS) is 22.5. The summed E-state index contributed by atoms with van der Waals surface area (Å²) in [5.41, 5.74) is 0.661. The number of amides is 1. The van der Waals surface area contributed by atoms with Crippen LogP contribution in [0.25, 0.3) is 0 Å². The van der Waals surface area contributed by atoms with E-state index in [0.29, 0.717) is 11.4 Å². The van der Waals surface area contributed by atoms with Crippen LogP contribution in [0.15, 0.2) is 36.4 Å². The summed E-state index contributed by atoms with van der Waals surface area (Å²) >= 11 is 0. The predicted molar refractivity (Wildman–Crippen MR) is 91.0 cm³/mol. The molecule has 7 nitrogen and oxygen atoms in total. The lowest BCUT2D eigenvalue weighted by Gasteiger charge is -2.29. The molecule has 0 unspecified atom stereocenters. The molecule has 1 amide bonds. The molecule has 0 spiro atoms. The molecule has 1 aromatic carbocycles. The van der Waals surface area contributed by atoms with Gasteiger partial charge in [0.05, 0.1) is 5.92 Å². The molecule has 0 bridgehead atoms. The van der Waals surface area contributed by atoms with E-state index in [2.05, 4.69) is 5.32 Å². The van der Waals surface area contributed by atoms with Gasteiger partial charge < -0.3 is 24.6 Å². The zero-order valence-corrected chi connectivity index (χ0v) is 14.5. The zero-order valence-electron chi connectivity index (χ0n) is 14.5. The Morgan fingerprint density at radius 2 is 1.92 bits per heavy atom. The predicted octanol–water partition coefficient (Wildman–Crippen LogP) is 1.86. The van der Waals surface area contributed by atoms with E-state index in [1.165, 1.54) is 6.92 Å². The maximum Gasteiger partial charge on any atom is 0.308 e. The Labute approximate surface area is 146 Å². The summed E-state index contributed by atoms with van der Waals surface area (Å²) in [5, 5.41) is 12.6. The van der Waals surface area contributed by atoms with Crippen LogP contribution in [0.1, 0.15) is 20.8 Å². The molecule has 1 heterocycles. The van der Waals surface area contributed by atoms with E-state index in [9.17, 15) is 14.7 Å². The lowest BCUT2D eigenvalue weighted by atomic mass is 10.1. The van der Waals surface area contributed by atoms with Crippen molar-refractivity contribution in [2.24, 2.45) is 5.92 Å². The van der Waals surface area contributed by atoms with Crippen molar-refractivity contribution in [3.63, 3.8) is 0 Å². The molecule has 1 aliphatic heterocycles. The molecular formula is C18H23NO6. The van der Waals surface area contributed by atoms with Crippen molar-refractivity contribution < 1.29 is 28.9 Å². The summed E-state index contributed by atoms with van der Waals surface area (Å²) in [7, 11) is 0. The van der Waals surface area contributed by atoms with Crippen LogP contribution in [0.4, 0.5) is 5.69 Å². The van der Waals surface area contributed by atoms with E-state index >= 15 is 0 Å². The Hall–Kier alpha value is -2.38. The fourth-order valence-electron chi connectivity index (χ4n) is 2.12. The van der Waals surface area contributed by atoms with Crippen LogP contribution in [0.5, 0.6) is 5.75 Å². The van der Waals surface area contributed by atoms with Crippen molar-refractivity contribution in [3.05, 3.63) is 36.4 Å². The Kier molecular flexibility index (Phi) is 6.55. The first-order chi connectivity index (χ1) is 11.8. The number of aliphatic hydroxyl groups excluding tert-OH is 1. The van der Waals surface area contributed by atoms with Crippen LogP contribution in [-0.2, 0) is 19.1 Å². The molecule has 0 saturated heterocycles. The summed E-state index contributed by atoms with van der Waals surface area (Å²) in [6, 6.07) is 6.81. The highest BCUT2D eigenvalue weighted by Gasteiger charge is 2.28. The fraction of sp³-hybridized carbons (Fsp3) is 0.444. The number of hydrogen-bond donors (Lipinski definition) is 2. The van der Waals surface area contributed by atoms with E-state index in [1.54, 1.807) is 50.3 Å². The quantitative estimate of drug-likeness (QED) is 0.601. The Bertz CT molecular complexity index is 625. The first-order valence-corrected chi connectivity index (χ1v) is 8.08. The van der Waals surface area contributed by atoms with Gasteiger partial charge in [-0.05, 0) is 30.3 Å². The number of anilines is 1. The Balaban J connectivity index is 1.91. The first kappa shape index (κ1) is 19.0. The third kappa shape index (κ3) is 5.88. The molecule has 3 atom stereocenters. The molecule has 0 fully saturated rings. The number of hydrogen-bond acceptors (Lipinski definition) is 6. The summed E-state index contributed by atoms with van der Waals surface area (Å²) in [4.78, 5) is 22.5. The SMILES string of the molecule is CC(=O)Nc1ccc(O[C@@H]2C=C[C@H](O)[C@@H](COC(=O)C(C)C)O2)cc1. The third-order valence-electron chi connectivity index (χ3n) is 3.44. The van der Waals surface area contributed by atoms with Gasteiger partial charge in [-0.15, -0.1) is 0 Å². The lowest BCUT2D eigenvalue weighted by Crippen LogP contribution is -2.41. The van der Waals surface area contributed by atoms with Crippen LogP contribution < -0.4 is 10.1 Å². The van der Waals surface area contributed by atoms with Gasteiger partial charge in [-0.3, -0.25) is 9.59 Å². The van der Waals surface area contributed by atoms with E-state index in [-0.39, 0.29) is 24.4 Å². The Morgan fingerprint density at radius 1 is 1.24 bits per heavy atom. The molecule has 7 heteroatoms. The van der Waals surface area contributed by atoms with Crippen LogP contribution in [-0.4, -0.2) is 42.1 Å². The Morgan fingerprint density at radius 3 is 2.52 bits per heavy atom. The largest absolute Gasteiger partial charge is 0.463 e. The van der Waals surface area contributed by atoms with Gasteiger partial charge in [-0.1, -0.05) is 19.9 Å². The van der Waals surface area contributed by atoms with Gasteiger partial charge in [0.2, 0.25) is 12.2 Å². The standard InChI is InChI=1S/C18H23NO6/c1-11(2)18(22)23-10-16-15(21)8-9-17(25-16)24-14-6-4-13(5-7-14)19-12(3)20/h4-9,11,15-17,21H,10H2,1-3H3,(H,19,20)/t15-,16+,17-/m0/s1. The van der Waals surface area contributed by atoms with Gasteiger partial charge in [0.1, 0.15) is 24.6 Å². The number of benzene rings is 1. The van der Waals surface area contributed by atoms with Gasteiger partial charge in [0, 0.05) is 12.6 Å². The summed E-state index contributed by atoms with van der Waals surface area (Å²) < 4.78 is 16.4. The van der Waals surface area contributed by atoms with Crippen molar-refractivity contribution in [1.29, 1.82) is 0 Å². The van der Waals surface area contributed by atoms with Crippen molar-refractivity contribution in [1.82, 2.24) is 0 Å². The molecular weight excluding hydrogens is 326 g/mol. The molecule has 1 aromatic rings. The van der Waals surface area contributed by atoms with Crippen molar-refractivity contribution in [2.75, 3.05) is 11.9 Å². The van der Waals surface area contributed by atoms with E-state index < -0.39 is 18.5 Å². The summed E-state index contributed by atoms with van der Waals surface area (Å²) in [5.74, 6) is -0.208. The first-order valence-electron chi connectivity index (χ1n) is 8.08. The van der Waals surface area contributed by atoms with E-state index in [1.807, 2.05) is 0 Å². The molecule has 0 radical (unpaired) electrons. The molecule has 136 valence electrons. The highest BCUT2D eigenvalue weighted by atomic mass is 16.7. The second-order valence-corrected chi connectivity index (χ2v) is 6.03. The van der Waals surface area contributed by atoms with Gasteiger partial charge in [-0.25, -0.2) is 0 Å². The zero-order chi connectivity index (χ0) is 18.4. The molecule has 2 N–H and O–H groups in total. The van der Waals surface area contributed by atoms with Crippen LogP contribution in [0.2, 0.25) is 0 Å². The third-order valence-corrected chi connectivity index (χ3v) is 3.44. The molecule has 0 saturated carbocycles. The summed E-state index contributed by atoms with van der Waals surface area (Å²) in [6.07, 6.45) is 0.858. The molecule has 0 aliphatic carbocycles. The van der Waals surface area contributed by atoms with Gasteiger partial charge in [-0.2, -0.15) is 0 Å². The van der Waals surface area contributed by atoms with Crippen molar-refractivity contribution >= 4 is 17.6 Å². The maximum atomic E-state index is 11.5. The number of carbonyl (C=O) groups is 2. The van der Waals surface area contributed by atoms with Crippen LogP contribution >= 0.6 is 0 Å². The number of aliphatic hydroxyl groups is 1. The van der Waals surface area contributed by atoms with Crippen molar-refractivity contribution in [2.45, 2.75) is 39.3 Å². The highest BCUT2D eigenvalue weighted by Crippen LogP contribution is 2.21. The fourth-order valence-corrected chi connectivity index (χ4v) is 2.12. The van der Waals surface area contributed by atoms with Gasteiger partial charge in [0.25, 0.3) is 0 Å². The summed E-state index contributed by atoms with van der Waals surface area (Å²) in [6.45, 7) is 4.85. The van der Waals surface area contributed by atoms with Crippen molar-refractivity contribution in [3.8, 4) is 5.75 Å². The molecule has 2 rings (SSSR count). The molecule has 1 aliphatic rings. The van der Waals surface area contributed by atoms with Crippen LogP contribution in [0, 0.1) is 5.92 Å². The smallest absolute Gasteiger partial charge is 0.308 e. The monoisotopic (exact) mass is 349 g/mol. The average Bonchev–Trinajstić information content (AvgIpc) is 2.56. The second-order valence-electron chi connectivity index (χ2n) is 6.03. The number of ether oxygens (including phenoxy) is 3. The minimum atomic E-state index is -0.873. The number of carbonyl (C=O) groups excluding carboxylic acids is 2. The lowest BCUT2D eigenvalue weighted by molar-refractivity contribution is -0.169. The number of rotatable bonds is 6. The van der Waals surface area contributed by atoms with Gasteiger partial charge >= 0.3 is 5.97 Å². The highest BCUT2D eigenvalue weighted by molar-refractivity contribution is 5.88. The number of esters is 1. The maximum absolute atomic E-state index is 11.5. The second kappa shape index (κ2) is 8.64. The minimum absolute atomic E-state index is 0.0517. The minimum Gasteiger partial charge on any atom is -0.463 e. The number of nitrogens with one attached hydrogen (secondary N) is 1. The topological polar surface area (TPSA) is 94.1 Å². The van der Waals surface area contributed by atoms with E-state index in [0.717, 1.165) is 0 Å². The van der Waals surface area contributed by atoms with Gasteiger partial charge in [0.15, 0.2) is 0 Å². The van der Waals surface area contributed by atoms with E-state index in [4.69, 9.17) is 14.2 Å². The molecule has 0 aromatic heterocycles.